The third kappa shape index (κ3) is 1.79. The second kappa shape index (κ2) is 5.50. The molecule has 4 fully saturated rings. The summed E-state index contributed by atoms with van der Waals surface area (Å²) in [5.41, 5.74) is 6.14. The Morgan fingerprint density at radius 3 is 2.23 bits per heavy atom. The fourth-order valence-corrected chi connectivity index (χ4v) is 9.95. The van der Waals surface area contributed by atoms with Crippen molar-refractivity contribution in [3.05, 3.63) is 70.7 Å². The molecule has 148 valence electrons. The minimum Gasteiger partial charge on any atom is -0.135 e. The Balaban J connectivity index is 1.58. The van der Waals surface area contributed by atoms with Crippen LogP contribution in [0.4, 0.5) is 0 Å². The van der Waals surface area contributed by atoms with E-state index in [4.69, 9.17) is 11.6 Å². The van der Waals surface area contributed by atoms with Crippen LogP contribution in [0.25, 0.3) is 31.3 Å². The van der Waals surface area contributed by atoms with Crippen LogP contribution in [0, 0.1) is 23.7 Å². The van der Waals surface area contributed by atoms with Crippen molar-refractivity contribution in [3.8, 4) is 11.1 Å². The first kappa shape index (κ1) is 16.8. The molecule has 1 spiro atoms. The van der Waals surface area contributed by atoms with E-state index < -0.39 is 0 Å². The lowest BCUT2D eigenvalue weighted by molar-refractivity contribution is -0.0393. The van der Waals surface area contributed by atoms with Crippen molar-refractivity contribution < 1.29 is 0 Å². The summed E-state index contributed by atoms with van der Waals surface area (Å²) in [6, 6.07) is 20.5. The smallest absolute Gasteiger partial charge is 0.0453 e. The van der Waals surface area contributed by atoms with Gasteiger partial charge in [-0.15, -0.1) is 11.3 Å². The Morgan fingerprint density at radius 1 is 0.700 bits per heavy atom. The highest BCUT2D eigenvalue weighted by Gasteiger charge is 2.62. The zero-order valence-electron chi connectivity index (χ0n) is 16.8. The monoisotopic (exact) mass is 426 g/mol. The summed E-state index contributed by atoms with van der Waals surface area (Å²) in [6.07, 6.45) is 7.08. The predicted molar refractivity (Wildman–Crippen MR) is 128 cm³/mol. The van der Waals surface area contributed by atoms with Crippen LogP contribution in [0.5, 0.6) is 0 Å². The fourth-order valence-electron chi connectivity index (χ4n) is 8.51. The van der Waals surface area contributed by atoms with Gasteiger partial charge >= 0.3 is 0 Å². The van der Waals surface area contributed by atoms with Crippen molar-refractivity contribution in [2.24, 2.45) is 23.7 Å². The summed E-state index contributed by atoms with van der Waals surface area (Å²) in [7, 11) is 0. The molecule has 2 heteroatoms. The highest BCUT2D eigenvalue weighted by Crippen LogP contribution is 2.71. The molecule has 3 aromatic carbocycles. The molecular weight excluding hydrogens is 404 g/mol. The zero-order valence-corrected chi connectivity index (χ0v) is 18.4. The van der Waals surface area contributed by atoms with Gasteiger partial charge in [-0.3, -0.25) is 0 Å². The minimum atomic E-state index is 0.125. The lowest BCUT2D eigenvalue weighted by atomic mass is 9.43. The van der Waals surface area contributed by atoms with Gasteiger partial charge in [0.25, 0.3) is 0 Å². The van der Waals surface area contributed by atoms with Crippen molar-refractivity contribution in [3.63, 3.8) is 0 Å². The van der Waals surface area contributed by atoms with Crippen LogP contribution in [0.2, 0.25) is 5.02 Å². The highest BCUT2D eigenvalue weighted by atomic mass is 35.5. The summed E-state index contributed by atoms with van der Waals surface area (Å²) in [5, 5.41) is 3.99. The number of benzene rings is 3. The van der Waals surface area contributed by atoms with Gasteiger partial charge in [-0.2, -0.15) is 0 Å². The molecule has 5 aliphatic carbocycles. The standard InChI is InChI=1S/C28H23ClS/c29-22-6-3-5-19-20-8-9-24-25(21-4-1-2-7-23(21)30-24)27(20)28(26(19)22)17-11-15-10-16(13-17)14-18(28)12-15/h1-9,15-18H,10-14H2. The first-order valence-corrected chi connectivity index (χ1v) is 12.7. The topological polar surface area (TPSA) is 0 Å². The molecule has 0 aliphatic heterocycles. The normalized spacial score (nSPS) is 33.0. The van der Waals surface area contributed by atoms with Gasteiger partial charge in [-0.25, -0.2) is 0 Å². The van der Waals surface area contributed by atoms with Crippen LogP contribution in [0.15, 0.2) is 54.6 Å². The minimum absolute atomic E-state index is 0.125. The molecule has 9 rings (SSSR count). The fraction of sp³-hybridized carbons (Fsp3) is 0.357. The second-order valence-corrected chi connectivity index (χ2v) is 11.8. The molecular formula is C28H23ClS. The molecule has 4 bridgehead atoms. The average molecular weight is 427 g/mol. The maximum Gasteiger partial charge on any atom is 0.0453 e. The number of rotatable bonds is 0. The predicted octanol–water partition coefficient (Wildman–Crippen LogP) is 8.43. The number of halogens is 1. The van der Waals surface area contributed by atoms with Crippen LogP contribution >= 0.6 is 22.9 Å². The van der Waals surface area contributed by atoms with Crippen LogP contribution < -0.4 is 0 Å². The van der Waals surface area contributed by atoms with Crippen LogP contribution in [-0.2, 0) is 5.41 Å². The van der Waals surface area contributed by atoms with Gasteiger partial charge in [0.2, 0.25) is 0 Å². The number of hydrogen-bond donors (Lipinski definition) is 0. The second-order valence-electron chi connectivity index (χ2n) is 10.3. The van der Waals surface area contributed by atoms with E-state index in [9.17, 15) is 0 Å². The van der Waals surface area contributed by atoms with Gasteiger partial charge in [-0.1, -0.05) is 48.0 Å². The van der Waals surface area contributed by atoms with E-state index in [-0.39, 0.29) is 5.41 Å². The number of hydrogen-bond acceptors (Lipinski definition) is 1. The lowest BCUT2D eigenvalue weighted by Gasteiger charge is -2.61. The van der Waals surface area contributed by atoms with Gasteiger partial charge in [0.15, 0.2) is 0 Å². The van der Waals surface area contributed by atoms with Gasteiger partial charge in [0.05, 0.1) is 0 Å². The summed E-state index contributed by atoms with van der Waals surface area (Å²) in [6.45, 7) is 0. The van der Waals surface area contributed by atoms with Crippen molar-refractivity contribution in [2.45, 2.75) is 37.5 Å². The molecule has 4 saturated carbocycles. The molecule has 0 saturated heterocycles. The third-order valence-corrected chi connectivity index (χ3v) is 10.6. The molecule has 0 N–H and O–H groups in total. The average Bonchev–Trinajstić information content (AvgIpc) is 3.26. The molecule has 0 unspecified atom stereocenters. The van der Waals surface area contributed by atoms with Gasteiger partial charge in [0.1, 0.15) is 0 Å². The summed E-state index contributed by atoms with van der Waals surface area (Å²) < 4.78 is 2.87. The summed E-state index contributed by atoms with van der Waals surface area (Å²) in [4.78, 5) is 0. The summed E-state index contributed by atoms with van der Waals surface area (Å²) in [5.74, 6) is 3.40. The molecule has 4 aromatic rings. The van der Waals surface area contributed by atoms with Crippen LogP contribution in [-0.4, -0.2) is 0 Å². The van der Waals surface area contributed by atoms with E-state index in [1.807, 2.05) is 11.3 Å². The van der Waals surface area contributed by atoms with E-state index in [1.54, 1.807) is 5.56 Å². The van der Waals surface area contributed by atoms with E-state index in [1.165, 1.54) is 69.0 Å². The molecule has 0 amide bonds. The van der Waals surface area contributed by atoms with Crippen LogP contribution in [0.1, 0.15) is 43.2 Å². The number of thiophene rings is 1. The maximum atomic E-state index is 7.09. The molecule has 1 aromatic heterocycles. The van der Waals surface area contributed by atoms with E-state index >= 15 is 0 Å². The van der Waals surface area contributed by atoms with Crippen molar-refractivity contribution >= 4 is 43.1 Å². The Kier molecular flexibility index (Phi) is 3.08. The lowest BCUT2D eigenvalue weighted by Crippen LogP contribution is -2.55. The van der Waals surface area contributed by atoms with Crippen molar-refractivity contribution in [1.82, 2.24) is 0 Å². The Bertz CT molecular complexity index is 1350. The third-order valence-electron chi connectivity index (χ3n) is 9.10. The SMILES string of the molecule is Clc1cccc2c1C1(c3c-2ccc2sc4ccccc4c32)C2CC3CC(C2)CC1C3. The highest BCUT2D eigenvalue weighted by molar-refractivity contribution is 7.25. The van der Waals surface area contributed by atoms with Gasteiger partial charge in [-0.05, 0) is 96.2 Å². The number of fused-ring (bicyclic) bond motifs is 7. The maximum absolute atomic E-state index is 7.09. The quantitative estimate of drug-likeness (QED) is 0.264. The first-order chi connectivity index (χ1) is 14.7. The van der Waals surface area contributed by atoms with E-state index in [0.29, 0.717) is 0 Å². The van der Waals surface area contributed by atoms with Gasteiger partial charge in [0, 0.05) is 30.6 Å². The molecule has 0 radical (unpaired) electrons. The summed E-state index contributed by atoms with van der Waals surface area (Å²) >= 11 is 9.05. The molecule has 5 aliphatic rings. The molecule has 30 heavy (non-hydrogen) atoms. The molecule has 1 heterocycles. The Labute approximate surface area is 185 Å². The molecule has 0 atom stereocenters. The van der Waals surface area contributed by atoms with Gasteiger partial charge < -0.3 is 0 Å². The van der Waals surface area contributed by atoms with Crippen LogP contribution in [0.3, 0.4) is 0 Å². The van der Waals surface area contributed by atoms with E-state index in [2.05, 4.69) is 54.6 Å². The van der Waals surface area contributed by atoms with Crippen molar-refractivity contribution in [1.29, 1.82) is 0 Å². The first-order valence-electron chi connectivity index (χ1n) is 11.5. The zero-order chi connectivity index (χ0) is 19.6. The van der Waals surface area contributed by atoms with E-state index in [0.717, 1.165) is 28.7 Å². The molecule has 0 nitrogen and oxygen atoms in total. The Morgan fingerprint density at radius 2 is 1.43 bits per heavy atom. The van der Waals surface area contributed by atoms with Crippen molar-refractivity contribution in [2.75, 3.05) is 0 Å². The largest absolute Gasteiger partial charge is 0.135 e. The Hall–Kier alpha value is -1.83.